The van der Waals surface area contributed by atoms with Gasteiger partial charge < -0.3 is 34.4 Å². The fourth-order valence-electron chi connectivity index (χ4n) is 6.37. The van der Waals surface area contributed by atoms with Crippen molar-refractivity contribution in [3.05, 3.63) is 40.7 Å². The summed E-state index contributed by atoms with van der Waals surface area (Å²) in [5.41, 5.74) is 0.683. The molecule has 9 heteroatoms. The predicted octanol–water partition coefficient (Wildman–Crippen LogP) is 0.702. The molecular weight excluding hydrogens is 442 g/mol. The van der Waals surface area contributed by atoms with Gasteiger partial charge in [-0.15, -0.1) is 0 Å². The fourth-order valence-corrected chi connectivity index (χ4v) is 6.37. The lowest BCUT2D eigenvalue weighted by Crippen LogP contribution is -2.74. The Bertz CT molecular complexity index is 1070. The van der Waals surface area contributed by atoms with Gasteiger partial charge in [0.15, 0.2) is 12.2 Å². The lowest BCUT2D eigenvalue weighted by atomic mass is 9.50. The molecule has 1 aromatic rings. The minimum atomic E-state index is -1.17. The van der Waals surface area contributed by atoms with Gasteiger partial charge in [-0.3, -0.25) is 4.79 Å². The van der Waals surface area contributed by atoms with E-state index in [9.17, 15) is 24.9 Å². The monoisotopic (exact) mass is 473 g/mol. The topological polar surface area (TPSA) is 126 Å². The number of benzene rings is 1. The number of carbonyl (C=O) groups excluding carboxylic acids is 2. The standard InChI is InChI=1S/C25H31NO8/c1-13(28)10-19(29)32-14(2)23(30)33-17-6-7-25(31)18-11-15-4-5-16(12-27)21-20(15)24(25,22(17)34-21)8-9-26(18)3/h4-6,13-14,18,22,27-28,31H,7-12H2,1-3H3/t13-,14+,18-,22?,24?,25-/m1/s1. The highest BCUT2D eigenvalue weighted by atomic mass is 16.6. The molecule has 34 heavy (non-hydrogen) atoms. The van der Waals surface area contributed by atoms with Crippen LogP contribution in [0.15, 0.2) is 24.0 Å². The molecule has 6 atom stereocenters. The first kappa shape index (κ1) is 23.3. The van der Waals surface area contributed by atoms with Crippen molar-refractivity contribution >= 4 is 11.9 Å². The quantitative estimate of drug-likeness (QED) is 0.512. The Hall–Kier alpha value is -2.46. The van der Waals surface area contributed by atoms with Gasteiger partial charge in [0, 0.05) is 23.6 Å². The number of aliphatic hydroxyl groups is 3. The van der Waals surface area contributed by atoms with E-state index in [1.807, 2.05) is 19.2 Å². The fraction of sp³-hybridized carbons (Fsp3) is 0.600. The van der Waals surface area contributed by atoms with Gasteiger partial charge in [-0.2, -0.15) is 0 Å². The number of hydrogen-bond donors (Lipinski definition) is 3. The Morgan fingerprint density at radius 3 is 2.79 bits per heavy atom. The summed E-state index contributed by atoms with van der Waals surface area (Å²) in [5.74, 6) is -0.609. The maximum absolute atomic E-state index is 12.8. The van der Waals surface area contributed by atoms with E-state index in [0.717, 1.165) is 17.7 Å². The molecule has 2 unspecified atom stereocenters. The van der Waals surface area contributed by atoms with Gasteiger partial charge in [0.25, 0.3) is 0 Å². The highest BCUT2D eigenvalue weighted by Gasteiger charge is 2.71. The summed E-state index contributed by atoms with van der Waals surface area (Å²) in [5, 5.41) is 31.5. The molecule has 0 saturated carbocycles. The maximum atomic E-state index is 12.8. The van der Waals surface area contributed by atoms with E-state index in [0.29, 0.717) is 24.2 Å². The Kier molecular flexibility index (Phi) is 5.51. The van der Waals surface area contributed by atoms with Crippen LogP contribution in [0.2, 0.25) is 0 Å². The highest BCUT2D eigenvalue weighted by Crippen LogP contribution is 2.64. The van der Waals surface area contributed by atoms with Crippen LogP contribution in [0.5, 0.6) is 5.75 Å². The molecule has 184 valence electrons. The molecule has 0 amide bonds. The summed E-state index contributed by atoms with van der Waals surface area (Å²) < 4.78 is 17.2. The average Bonchev–Trinajstić information content (AvgIpc) is 3.13. The van der Waals surface area contributed by atoms with E-state index in [2.05, 4.69) is 4.90 Å². The van der Waals surface area contributed by atoms with Crippen LogP contribution in [0.4, 0.5) is 0 Å². The van der Waals surface area contributed by atoms with E-state index >= 15 is 0 Å². The van der Waals surface area contributed by atoms with Crippen LogP contribution in [0.25, 0.3) is 0 Å². The van der Waals surface area contributed by atoms with Crippen molar-refractivity contribution in [1.29, 1.82) is 0 Å². The number of hydrogen-bond acceptors (Lipinski definition) is 9. The molecule has 0 aromatic heterocycles. The summed E-state index contributed by atoms with van der Waals surface area (Å²) in [4.78, 5) is 26.9. The lowest BCUT2D eigenvalue weighted by molar-refractivity contribution is -0.175. The smallest absolute Gasteiger partial charge is 0.352 e. The molecule has 4 aliphatic rings. The minimum absolute atomic E-state index is 0.125. The van der Waals surface area contributed by atoms with E-state index in [4.69, 9.17) is 14.2 Å². The van der Waals surface area contributed by atoms with Crippen LogP contribution in [-0.2, 0) is 37.5 Å². The van der Waals surface area contributed by atoms with Gasteiger partial charge >= 0.3 is 11.9 Å². The first-order valence-electron chi connectivity index (χ1n) is 11.8. The molecule has 2 aliphatic carbocycles. The van der Waals surface area contributed by atoms with E-state index in [1.165, 1.54) is 13.8 Å². The minimum Gasteiger partial charge on any atom is -0.481 e. The zero-order valence-electron chi connectivity index (χ0n) is 19.6. The number of rotatable bonds is 6. The van der Waals surface area contributed by atoms with E-state index in [-0.39, 0.29) is 31.2 Å². The van der Waals surface area contributed by atoms with Gasteiger partial charge in [0.1, 0.15) is 11.5 Å². The Morgan fingerprint density at radius 2 is 2.09 bits per heavy atom. The second kappa shape index (κ2) is 8.05. The molecule has 5 rings (SSSR count). The molecule has 0 radical (unpaired) electrons. The van der Waals surface area contributed by atoms with Gasteiger partial charge in [-0.05, 0) is 51.9 Å². The van der Waals surface area contributed by atoms with Crippen LogP contribution in [-0.4, -0.2) is 75.7 Å². The Balaban J connectivity index is 1.49. The molecule has 1 saturated heterocycles. The number of likely N-dealkylation sites (N-methyl/N-ethyl adjacent to an activating group) is 1. The number of aliphatic hydroxyl groups excluding tert-OH is 2. The van der Waals surface area contributed by atoms with Crippen molar-refractivity contribution in [1.82, 2.24) is 4.90 Å². The first-order chi connectivity index (χ1) is 16.1. The van der Waals surface area contributed by atoms with Crippen LogP contribution in [0.1, 0.15) is 49.8 Å². The normalized spacial score (nSPS) is 32.7. The summed E-state index contributed by atoms with van der Waals surface area (Å²) >= 11 is 0. The largest absolute Gasteiger partial charge is 0.481 e. The highest BCUT2D eigenvalue weighted by molar-refractivity contribution is 5.80. The summed E-state index contributed by atoms with van der Waals surface area (Å²) in [6, 6.07) is 3.72. The summed E-state index contributed by atoms with van der Waals surface area (Å²) in [6.07, 6.45) is 0.233. The van der Waals surface area contributed by atoms with Crippen molar-refractivity contribution in [3.8, 4) is 5.75 Å². The molecule has 9 nitrogen and oxygen atoms in total. The zero-order chi connectivity index (χ0) is 24.4. The third-order valence-corrected chi connectivity index (χ3v) is 7.95. The van der Waals surface area contributed by atoms with Crippen LogP contribution < -0.4 is 4.74 Å². The summed E-state index contributed by atoms with van der Waals surface area (Å²) in [6.45, 7) is 3.41. The van der Waals surface area contributed by atoms with Crippen molar-refractivity contribution in [3.63, 3.8) is 0 Å². The summed E-state index contributed by atoms with van der Waals surface area (Å²) in [7, 11) is 2.01. The SMILES string of the molecule is C[C@H](OC(=O)C[C@@H](C)O)C(=O)OC1=CC[C@@]2(O)[C@H]3Cc4ccc(CO)c5c4C2(CCN3C)C1O5. The second-order valence-corrected chi connectivity index (χ2v) is 10.0. The van der Waals surface area contributed by atoms with Crippen molar-refractivity contribution in [2.75, 3.05) is 13.6 Å². The molecule has 2 bridgehead atoms. The van der Waals surface area contributed by atoms with Crippen LogP contribution >= 0.6 is 0 Å². The number of nitrogens with zero attached hydrogens (tertiary/aromatic N) is 1. The van der Waals surface area contributed by atoms with E-state index in [1.54, 1.807) is 6.08 Å². The van der Waals surface area contributed by atoms with Crippen molar-refractivity contribution in [2.45, 2.75) is 81.5 Å². The molecule has 1 fully saturated rings. The molecule has 1 spiro atoms. The number of ether oxygens (including phenoxy) is 3. The lowest BCUT2D eigenvalue weighted by Gasteiger charge is -2.61. The van der Waals surface area contributed by atoms with Crippen LogP contribution in [0.3, 0.4) is 0 Å². The van der Waals surface area contributed by atoms with Crippen LogP contribution in [0, 0.1) is 0 Å². The molecule has 3 N–H and O–H groups in total. The molecule has 2 aliphatic heterocycles. The predicted molar refractivity (Wildman–Crippen MR) is 119 cm³/mol. The Morgan fingerprint density at radius 1 is 1.32 bits per heavy atom. The zero-order valence-corrected chi connectivity index (χ0v) is 19.6. The Labute approximate surface area is 197 Å². The third-order valence-electron chi connectivity index (χ3n) is 7.95. The van der Waals surface area contributed by atoms with Gasteiger partial charge in [-0.1, -0.05) is 12.1 Å². The molecule has 2 heterocycles. The molecular formula is C25H31NO8. The third kappa shape index (κ3) is 3.14. The first-order valence-corrected chi connectivity index (χ1v) is 11.8. The number of piperidine rings is 1. The number of esters is 2. The van der Waals surface area contributed by atoms with Crippen molar-refractivity contribution < 1.29 is 39.1 Å². The second-order valence-electron chi connectivity index (χ2n) is 10.0. The maximum Gasteiger partial charge on any atom is 0.352 e. The van der Waals surface area contributed by atoms with Gasteiger partial charge in [-0.25, -0.2) is 4.79 Å². The van der Waals surface area contributed by atoms with Crippen molar-refractivity contribution in [2.24, 2.45) is 0 Å². The molecule has 1 aromatic carbocycles. The van der Waals surface area contributed by atoms with Gasteiger partial charge in [0.2, 0.25) is 0 Å². The van der Waals surface area contributed by atoms with E-state index < -0.39 is 41.3 Å². The van der Waals surface area contributed by atoms with Gasteiger partial charge in [0.05, 0.1) is 30.1 Å². The number of likely N-dealkylation sites (tertiary alicyclic amines) is 1. The number of carbonyl (C=O) groups is 2. The average molecular weight is 474 g/mol.